The van der Waals surface area contributed by atoms with Gasteiger partial charge in [0.1, 0.15) is 0 Å². The molecule has 0 aromatic carbocycles. The average Bonchev–Trinajstić information content (AvgIpc) is 1.92. The Morgan fingerprint density at radius 2 is 0.778 bits per heavy atom. The number of fused-ring (bicyclic) bond motifs is 3. The van der Waals surface area contributed by atoms with Gasteiger partial charge in [-0.3, -0.25) is 9.80 Å². The molecule has 3 saturated heterocycles. The molecule has 0 saturated carbocycles. The van der Waals surface area contributed by atoms with Gasteiger partial charge in [0.15, 0.2) is 0 Å². The predicted octanol–water partition coefficient (Wildman–Crippen LogP) is -0.763. The Balaban J connectivity index is 0.000000405. The smallest absolute Gasteiger partial charge is 0.0110 e. The maximum absolute atomic E-state index is 2.54. The molecule has 0 unspecified atom stereocenters. The molecular weight excluding hydrogens is 111 g/mol. The Kier molecular flexibility index (Phi) is 2.14. The van der Waals surface area contributed by atoms with Gasteiger partial charge >= 0.3 is 0 Å². The van der Waals surface area contributed by atoms with E-state index >= 15 is 0 Å². The van der Waals surface area contributed by atoms with Crippen LogP contribution in [-0.2, 0) is 0 Å². The van der Waals surface area contributed by atoms with Crippen molar-refractivity contribution in [3.05, 3.63) is 0 Å². The number of rotatable bonds is 0. The van der Waals surface area contributed by atoms with E-state index in [1.165, 1.54) is 39.3 Å². The first-order valence-electron chi connectivity index (χ1n) is 3.40. The topological polar surface area (TPSA) is 6.48 Å². The Labute approximate surface area is 58.4 Å². The minimum atomic E-state index is 0. The Morgan fingerprint density at radius 1 is 0.556 bits per heavy atom. The van der Waals surface area contributed by atoms with Gasteiger partial charge < -0.3 is 0 Å². The molecule has 0 aromatic heterocycles. The van der Waals surface area contributed by atoms with Crippen molar-refractivity contribution < 1.29 is 0 Å². The van der Waals surface area contributed by atoms with E-state index in [4.69, 9.17) is 0 Å². The molecule has 49 valence electrons. The van der Waals surface area contributed by atoms with Gasteiger partial charge in [-0.1, -0.05) is 0 Å². The number of hydrogen-bond acceptors (Lipinski definition) is 2. The fourth-order valence-corrected chi connectivity index (χ4v) is 1.52. The molecule has 0 aliphatic carbocycles. The summed E-state index contributed by atoms with van der Waals surface area (Å²) in [5, 5.41) is 0. The van der Waals surface area contributed by atoms with Crippen LogP contribution < -0.4 is 0 Å². The maximum Gasteiger partial charge on any atom is 0.0110 e. The Bertz CT molecular complexity index is 66.0. The van der Waals surface area contributed by atoms with Crippen molar-refractivity contribution in [2.75, 3.05) is 39.3 Å². The van der Waals surface area contributed by atoms with Crippen LogP contribution in [0, 0.1) is 0 Å². The number of hydrogen-bond donors (Lipinski definition) is 0. The first-order valence-corrected chi connectivity index (χ1v) is 3.40. The van der Waals surface area contributed by atoms with E-state index in [2.05, 4.69) is 9.80 Å². The van der Waals surface area contributed by atoms with Crippen LogP contribution in [0.1, 0.15) is 0 Å². The average molecular weight is 123 g/mol. The summed E-state index contributed by atoms with van der Waals surface area (Å²) in [5.41, 5.74) is 0. The minimum Gasteiger partial charge on any atom is -0.300 e. The summed E-state index contributed by atoms with van der Waals surface area (Å²) in [5.74, 6) is 0. The minimum absolute atomic E-state index is 0. The van der Waals surface area contributed by atoms with Gasteiger partial charge in [0, 0.05) is 47.7 Å². The summed E-state index contributed by atoms with van der Waals surface area (Å²) in [4.78, 5) is 5.08. The molecule has 3 rings (SSSR count). The first kappa shape index (κ1) is 7.10. The molecule has 0 aromatic rings. The highest BCUT2D eigenvalue weighted by atomic mass is 15.3. The lowest BCUT2D eigenvalue weighted by molar-refractivity contribution is 0.0647. The van der Waals surface area contributed by atoms with Crippen LogP contribution in [0.25, 0.3) is 0 Å². The third kappa shape index (κ3) is 1.27. The second-order valence-corrected chi connectivity index (χ2v) is 2.68. The van der Waals surface area contributed by atoms with Crippen molar-refractivity contribution in [3.63, 3.8) is 0 Å². The molecule has 3 fully saturated rings. The summed E-state index contributed by atoms with van der Waals surface area (Å²) in [6.45, 7) is 7.92. The van der Waals surface area contributed by atoms with Crippen LogP contribution >= 0.6 is 0 Å². The molecule has 0 atom stereocenters. The second kappa shape index (κ2) is 2.71. The highest BCUT2D eigenvalue weighted by molar-refractivity contribution is 5.75. The van der Waals surface area contributed by atoms with Crippen molar-refractivity contribution in [2.24, 2.45) is 0 Å². The molecule has 0 N–H and O–H groups in total. The van der Waals surface area contributed by atoms with Crippen molar-refractivity contribution in [2.45, 2.75) is 0 Å². The fraction of sp³-hybridized carbons (Fsp3) is 1.00. The second-order valence-electron chi connectivity index (χ2n) is 2.68. The quantitative estimate of drug-likeness (QED) is 0.390. The van der Waals surface area contributed by atoms with Crippen molar-refractivity contribution in [1.29, 1.82) is 0 Å². The van der Waals surface area contributed by atoms with Gasteiger partial charge in [0.25, 0.3) is 0 Å². The van der Waals surface area contributed by atoms with Crippen LogP contribution in [0.5, 0.6) is 0 Å². The molecule has 3 heterocycles. The largest absolute Gasteiger partial charge is 0.300 e. The van der Waals surface area contributed by atoms with E-state index < -0.39 is 0 Å². The molecule has 9 heavy (non-hydrogen) atoms. The van der Waals surface area contributed by atoms with Crippen LogP contribution in [0.4, 0.5) is 0 Å². The van der Waals surface area contributed by atoms with Gasteiger partial charge in [-0.25, -0.2) is 0 Å². The summed E-state index contributed by atoms with van der Waals surface area (Å²) in [6.07, 6.45) is 0. The van der Waals surface area contributed by atoms with E-state index in [-0.39, 0.29) is 8.41 Å². The highest BCUT2D eigenvalue weighted by Crippen LogP contribution is 2.06. The number of piperazine rings is 3. The normalized spacial score (nSPS) is 40.0. The summed E-state index contributed by atoms with van der Waals surface area (Å²) in [6, 6.07) is 0. The SMILES string of the molecule is C1CN2CCN1CC2.[B]. The van der Waals surface area contributed by atoms with Gasteiger partial charge in [0.05, 0.1) is 0 Å². The number of nitrogens with zero attached hydrogens (tertiary/aromatic N) is 2. The molecule has 3 aliphatic rings. The first-order chi connectivity index (χ1) is 3.95. The summed E-state index contributed by atoms with van der Waals surface area (Å²) in [7, 11) is 0. The lowest BCUT2D eigenvalue weighted by Crippen LogP contribution is -2.55. The Hall–Kier alpha value is -0.0151. The molecule has 2 nitrogen and oxygen atoms in total. The fourth-order valence-electron chi connectivity index (χ4n) is 1.52. The predicted molar refractivity (Wildman–Crippen MR) is 38.6 cm³/mol. The van der Waals surface area contributed by atoms with E-state index in [1.54, 1.807) is 0 Å². The lowest BCUT2D eigenvalue weighted by atomic mass is 10.2. The summed E-state index contributed by atoms with van der Waals surface area (Å²) < 4.78 is 0. The van der Waals surface area contributed by atoms with Gasteiger partial charge in [-0.2, -0.15) is 0 Å². The summed E-state index contributed by atoms with van der Waals surface area (Å²) >= 11 is 0. The van der Waals surface area contributed by atoms with E-state index in [9.17, 15) is 0 Å². The molecule has 3 aliphatic heterocycles. The maximum atomic E-state index is 2.54. The molecule has 3 heteroatoms. The van der Waals surface area contributed by atoms with Gasteiger partial charge in [-0.05, 0) is 0 Å². The molecule has 3 radical (unpaired) electrons. The molecule has 0 amide bonds. The molecule has 0 spiro atoms. The zero-order chi connectivity index (χ0) is 5.40. The Morgan fingerprint density at radius 3 is 0.889 bits per heavy atom. The molecular formula is C6H12BN2. The van der Waals surface area contributed by atoms with Gasteiger partial charge in [-0.15, -0.1) is 0 Å². The van der Waals surface area contributed by atoms with E-state index in [1.807, 2.05) is 0 Å². The van der Waals surface area contributed by atoms with Gasteiger partial charge in [0.2, 0.25) is 0 Å². The van der Waals surface area contributed by atoms with Crippen LogP contribution in [0.15, 0.2) is 0 Å². The van der Waals surface area contributed by atoms with E-state index in [0.717, 1.165) is 0 Å². The third-order valence-electron chi connectivity index (χ3n) is 2.20. The van der Waals surface area contributed by atoms with Crippen LogP contribution in [0.3, 0.4) is 0 Å². The monoisotopic (exact) mass is 123 g/mol. The van der Waals surface area contributed by atoms with E-state index in [0.29, 0.717) is 0 Å². The molecule has 2 bridgehead atoms. The van der Waals surface area contributed by atoms with Crippen molar-refractivity contribution in [3.8, 4) is 0 Å². The van der Waals surface area contributed by atoms with Crippen LogP contribution in [0.2, 0.25) is 0 Å². The standard InChI is InChI=1S/C6H12N2.B/c1-2-8-5-3-7(1)4-6-8;/h1-6H2;. The van der Waals surface area contributed by atoms with Crippen molar-refractivity contribution >= 4 is 8.41 Å². The lowest BCUT2D eigenvalue weighted by Gasteiger charge is -2.41. The zero-order valence-corrected chi connectivity index (χ0v) is 5.71. The third-order valence-corrected chi connectivity index (χ3v) is 2.20. The van der Waals surface area contributed by atoms with Crippen molar-refractivity contribution in [1.82, 2.24) is 9.80 Å². The highest BCUT2D eigenvalue weighted by Gasteiger charge is 2.21. The zero-order valence-electron chi connectivity index (χ0n) is 5.71. The van der Waals surface area contributed by atoms with Crippen LogP contribution in [-0.4, -0.2) is 57.5 Å².